The molecule has 17 heavy (non-hydrogen) atoms. The molecule has 2 N–H and O–H groups in total. The number of methoxy groups -OCH3 is 1. The normalized spacial score (nSPS) is 10.3. The molecular formula is C13H20BrNO2. The topological polar surface area (TPSA) is 41.5 Å². The zero-order valence-electron chi connectivity index (χ0n) is 10.2. The van der Waals surface area contributed by atoms with Crippen LogP contribution in [0, 0.1) is 0 Å². The molecule has 0 saturated carbocycles. The highest BCUT2D eigenvalue weighted by atomic mass is 79.9. The maximum atomic E-state index is 8.66. The second-order valence-electron chi connectivity index (χ2n) is 3.91. The molecule has 0 unspecified atom stereocenters. The van der Waals surface area contributed by atoms with Crippen LogP contribution in [0.2, 0.25) is 0 Å². The summed E-state index contributed by atoms with van der Waals surface area (Å²) >= 11 is 3.50. The van der Waals surface area contributed by atoms with Crippen LogP contribution < -0.4 is 10.1 Å². The van der Waals surface area contributed by atoms with Crippen LogP contribution in [0.3, 0.4) is 0 Å². The van der Waals surface area contributed by atoms with Crippen molar-refractivity contribution in [2.24, 2.45) is 0 Å². The lowest BCUT2D eigenvalue weighted by atomic mass is 10.2. The second-order valence-corrected chi connectivity index (χ2v) is 4.76. The number of benzene rings is 1. The van der Waals surface area contributed by atoms with Gasteiger partial charge in [0.15, 0.2) is 0 Å². The molecule has 0 heterocycles. The molecule has 3 nitrogen and oxygen atoms in total. The number of hydrogen-bond donors (Lipinski definition) is 2. The molecule has 1 aromatic rings. The molecule has 0 aliphatic heterocycles. The van der Waals surface area contributed by atoms with E-state index in [0.717, 1.165) is 48.1 Å². The summed E-state index contributed by atoms with van der Waals surface area (Å²) in [4.78, 5) is 0. The third-order valence-corrected chi connectivity index (χ3v) is 3.27. The van der Waals surface area contributed by atoms with Crippen LogP contribution >= 0.6 is 15.9 Å². The summed E-state index contributed by atoms with van der Waals surface area (Å²) in [5, 5.41) is 12.0. The molecule has 0 spiro atoms. The van der Waals surface area contributed by atoms with E-state index in [2.05, 4.69) is 21.2 Å². The summed E-state index contributed by atoms with van der Waals surface area (Å²) in [6, 6.07) is 5.89. The van der Waals surface area contributed by atoms with Crippen LogP contribution in [0.4, 0.5) is 5.69 Å². The van der Waals surface area contributed by atoms with Crippen molar-refractivity contribution in [3.05, 3.63) is 22.7 Å². The van der Waals surface area contributed by atoms with Gasteiger partial charge < -0.3 is 15.2 Å². The van der Waals surface area contributed by atoms with E-state index in [0.29, 0.717) is 6.61 Å². The molecule has 1 rings (SSSR count). The first kappa shape index (κ1) is 14.3. The molecule has 0 saturated heterocycles. The summed E-state index contributed by atoms with van der Waals surface area (Å²) in [5.74, 6) is 0.857. The number of halogens is 1. The molecule has 0 atom stereocenters. The third kappa shape index (κ3) is 5.41. The first-order chi connectivity index (χ1) is 8.27. The quantitative estimate of drug-likeness (QED) is 0.723. The van der Waals surface area contributed by atoms with E-state index in [1.165, 1.54) is 0 Å². The Morgan fingerprint density at radius 3 is 2.71 bits per heavy atom. The summed E-state index contributed by atoms with van der Waals surface area (Å²) < 4.78 is 6.23. The number of ether oxygens (including phenoxy) is 1. The van der Waals surface area contributed by atoms with Gasteiger partial charge in [0.25, 0.3) is 0 Å². The number of nitrogens with one attached hydrogen (secondary N) is 1. The Labute approximate surface area is 111 Å². The zero-order chi connectivity index (χ0) is 12.5. The number of aliphatic hydroxyl groups is 1. The van der Waals surface area contributed by atoms with E-state index in [9.17, 15) is 0 Å². The van der Waals surface area contributed by atoms with E-state index in [1.807, 2.05) is 18.2 Å². The molecule has 4 heteroatoms. The number of rotatable bonds is 8. The number of hydrogen-bond acceptors (Lipinski definition) is 3. The van der Waals surface area contributed by atoms with E-state index >= 15 is 0 Å². The Hall–Kier alpha value is -0.740. The van der Waals surface area contributed by atoms with Gasteiger partial charge in [-0.15, -0.1) is 0 Å². The third-order valence-electron chi connectivity index (χ3n) is 2.57. The maximum Gasteiger partial charge on any atom is 0.121 e. The Morgan fingerprint density at radius 2 is 2.00 bits per heavy atom. The van der Waals surface area contributed by atoms with Crippen molar-refractivity contribution in [1.29, 1.82) is 0 Å². The molecule has 0 radical (unpaired) electrons. The van der Waals surface area contributed by atoms with Gasteiger partial charge in [-0.25, -0.2) is 0 Å². The molecule has 1 aromatic carbocycles. The van der Waals surface area contributed by atoms with E-state index in [4.69, 9.17) is 9.84 Å². The lowest BCUT2D eigenvalue weighted by Gasteiger charge is -2.10. The standard InChI is InChI=1S/C13H20BrNO2/c1-17-11-6-7-12(14)13(10-11)15-8-4-2-3-5-9-16/h6-7,10,15-16H,2-5,8-9H2,1H3. The highest BCUT2D eigenvalue weighted by molar-refractivity contribution is 9.10. The number of unbranched alkanes of at least 4 members (excludes halogenated alkanes) is 3. The highest BCUT2D eigenvalue weighted by Crippen LogP contribution is 2.27. The fraction of sp³-hybridized carbons (Fsp3) is 0.538. The van der Waals surface area contributed by atoms with Crippen LogP contribution in [0.15, 0.2) is 22.7 Å². The zero-order valence-corrected chi connectivity index (χ0v) is 11.8. The van der Waals surface area contributed by atoms with E-state index in [-0.39, 0.29) is 0 Å². The monoisotopic (exact) mass is 301 g/mol. The molecule has 0 aromatic heterocycles. The van der Waals surface area contributed by atoms with E-state index in [1.54, 1.807) is 7.11 Å². The Morgan fingerprint density at radius 1 is 1.24 bits per heavy atom. The smallest absolute Gasteiger partial charge is 0.121 e. The van der Waals surface area contributed by atoms with E-state index < -0.39 is 0 Å². The predicted octanol–water partition coefficient (Wildman–Crippen LogP) is 3.42. The van der Waals surface area contributed by atoms with Gasteiger partial charge >= 0.3 is 0 Å². The van der Waals surface area contributed by atoms with Gasteiger partial charge in [-0.2, -0.15) is 0 Å². The summed E-state index contributed by atoms with van der Waals surface area (Å²) in [6.45, 7) is 1.24. The van der Waals surface area contributed by atoms with Gasteiger partial charge in [0.2, 0.25) is 0 Å². The van der Waals surface area contributed by atoms with Gasteiger partial charge in [-0.05, 0) is 40.9 Å². The average molecular weight is 302 g/mol. The fourth-order valence-corrected chi connectivity index (χ4v) is 1.97. The fourth-order valence-electron chi connectivity index (χ4n) is 1.58. The highest BCUT2D eigenvalue weighted by Gasteiger charge is 2.01. The number of anilines is 1. The van der Waals surface area contributed by atoms with Crippen molar-refractivity contribution < 1.29 is 9.84 Å². The van der Waals surface area contributed by atoms with Gasteiger partial charge in [-0.1, -0.05) is 12.8 Å². The van der Waals surface area contributed by atoms with Crippen LogP contribution in [0.1, 0.15) is 25.7 Å². The Bertz CT molecular complexity index is 331. The molecule has 0 amide bonds. The SMILES string of the molecule is COc1ccc(Br)c(NCCCCCCO)c1. The second kappa shape index (κ2) is 8.37. The summed E-state index contributed by atoms with van der Waals surface area (Å²) in [6.07, 6.45) is 4.26. The minimum Gasteiger partial charge on any atom is -0.497 e. The molecular weight excluding hydrogens is 282 g/mol. The lowest BCUT2D eigenvalue weighted by Crippen LogP contribution is -2.02. The summed E-state index contributed by atoms with van der Waals surface area (Å²) in [7, 11) is 1.67. The molecule has 96 valence electrons. The number of aliphatic hydroxyl groups excluding tert-OH is 1. The predicted molar refractivity (Wildman–Crippen MR) is 74.7 cm³/mol. The minimum absolute atomic E-state index is 0.300. The van der Waals surface area contributed by atoms with Gasteiger partial charge in [-0.3, -0.25) is 0 Å². The van der Waals surface area contributed by atoms with Crippen LogP contribution in [-0.2, 0) is 0 Å². The molecule has 0 aliphatic rings. The van der Waals surface area contributed by atoms with Crippen LogP contribution in [-0.4, -0.2) is 25.4 Å². The van der Waals surface area contributed by atoms with Crippen molar-refractivity contribution in [3.8, 4) is 5.75 Å². The summed E-state index contributed by atoms with van der Waals surface area (Å²) in [5.41, 5.74) is 1.06. The van der Waals surface area contributed by atoms with Gasteiger partial charge in [0.1, 0.15) is 5.75 Å². The average Bonchev–Trinajstić information content (AvgIpc) is 2.35. The van der Waals surface area contributed by atoms with Crippen molar-refractivity contribution in [2.75, 3.05) is 25.6 Å². The van der Waals surface area contributed by atoms with Crippen molar-refractivity contribution in [2.45, 2.75) is 25.7 Å². The van der Waals surface area contributed by atoms with Crippen LogP contribution in [0.25, 0.3) is 0 Å². The first-order valence-corrected chi connectivity index (χ1v) is 6.75. The van der Waals surface area contributed by atoms with Gasteiger partial charge in [0, 0.05) is 23.7 Å². The van der Waals surface area contributed by atoms with Crippen LogP contribution in [0.5, 0.6) is 5.75 Å². The first-order valence-electron chi connectivity index (χ1n) is 5.96. The van der Waals surface area contributed by atoms with Crippen molar-refractivity contribution >= 4 is 21.6 Å². The maximum absolute atomic E-state index is 8.66. The Kier molecular flexibility index (Phi) is 7.05. The Balaban J connectivity index is 2.30. The molecule has 0 fully saturated rings. The molecule has 0 bridgehead atoms. The molecule has 0 aliphatic carbocycles. The van der Waals surface area contributed by atoms with Crippen molar-refractivity contribution in [3.63, 3.8) is 0 Å². The van der Waals surface area contributed by atoms with Gasteiger partial charge in [0.05, 0.1) is 12.8 Å². The lowest BCUT2D eigenvalue weighted by molar-refractivity contribution is 0.283. The van der Waals surface area contributed by atoms with Crippen molar-refractivity contribution in [1.82, 2.24) is 0 Å². The largest absolute Gasteiger partial charge is 0.497 e. The minimum atomic E-state index is 0.300.